The Kier molecular flexibility index (Phi) is 4.72. The molecule has 1 unspecified atom stereocenters. The quantitative estimate of drug-likeness (QED) is 0.682. The Morgan fingerprint density at radius 3 is 2.38 bits per heavy atom. The van der Waals surface area contributed by atoms with Gasteiger partial charge < -0.3 is 0 Å². The Labute approximate surface area is 98.9 Å². The lowest BCUT2D eigenvalue weighted by atomic mass is 9.89. The molecule has 16 heavy (non-hydrogen) atoms. The van der Waals surface area contributed by atoms with Crippen LogP contribution in [0.2, 0.25) is 0 Å². The Balaban J connectivity index is 3.17. The average Bonchev–Trinajstić information content (AvgIpc) is 2.35. The molecule has 0 bridgehead atoms. The van der Waals surface area contributed by atoms with Crippen LogP contribution in [0.25, 0.3) is 0 Å². The molecule has 0 aliphatic heterocycles. The molecule has 0 heterocycles. The molecular formula is C15H22O. The van der Waals surface area contributed by atoms with Crippen molar-refractivity contribution in [2.45, 2.75) is 47.0 Å². The number of Topliss-reactive ketones (excluding diaryl/α,β-unsaturated/α-hetero) is 1. The van der Waals surface area contributed by atoms with E-state index in [1.165, 1.54) is 11.1 Å². The minimum atomic E-state index is 0.136. The lowest BCUT2D eigenvalue weighted by molar-refractivity contribution is 0.0926. The average molecular weight is 218 g/mol. The molecular weight excluding hydrogens is 196 g/mol. The zero-order chi connectivity index (χ0) is 12.1. The standard InChI is InChI=1S/C15H22O/c1-5-11(4)15(16)14-10-8-9-12(6-2)13(14)7-3/h8-11H,5-7H2,1-4H3. The van der Waals surface area contributed by atoms with Crippen molar-refractivity contribution in [3.8, 4) is 0 Å². The summed E-state index contributed by atoms with van der Waals surface area (Å²) in [4.78, 5) is 12.2. The summed E-state index contributed by atoms with van der Waals surface area (Å²) in [6.45, 7) is 8.35. The van der Waals surface area contributed by atoms with E-state index in [4.69, 9.17) is 0 Å². The van der Waals surface area contributed by atoms with Crippen LogP contribution in [0.4, 0.5) is 0 Å². The second kappa shape index (κ2) is 5.83. The Bertz CT molecular complexity index is 366. The third-order valence-electron chi connectivity index (χ3n) is 3.33. The summed E-state index contributed by atoms with van der Waals surface area (Å²) in [6.07, 6.45) is 2.87. The van der Waals surface area contributed by atoms with Gasteiger partial charge in [-0.25, -0.2) is 0 Å². The fourth-order valence-electron chi connectivity index (χ4n) is 2.07. The van der Waals surface area contributed by atoms with Crippen molar-refractivity contribution >= 4 is 5.78 Å². The van der Waals surface area contributed by atoms with Gasteiger partial charge in [-0.3, -0.25) is 4.79 Å². The maximum atomic E-state index is 12.2. The third kappa shape index (κ3) is 2.52. The van der Waals surface area contributed by atoms with Gasteiger partial charge in [0.05, 0.1) is 0 Å². The van der Waals surface area contributed by atoms with E-state index in [1.807, 2.05) is 19.1 Å². The molecule has 0 amide bonds. The second-order valence-electron chi connectivity index (χ2n) is 4.32. The predicted octanol–water partition coefficient (Wildman–Crippen LogP) is 4.04. The highest BCUT2D eigenvalue weighted by Gasteiger charge is 2.17. The maximum absolute atomic E-state index is 12.2. The molecule has 1 nitrogen and oxygen atoms in total. The van der Waals surface area contributed by atoms with Crippen LogP contribution in [0.15, 0.2) is 18.2 Å². The molecule has 0 aromatic heterocycles. The first-order chi connectivity index (χ1) is 7.65. The number of hydrogen-bond acceptors (Lipinski definition) is 1. The SMILES string of the molecule is CCc1cccc(C(=O)C(C)CC)c1CC. The predicted molar refractivity (Wildman–Crippen MR) is 69.0 cm³/mol. The summed E-state index contributed by atoms with van der Waals surface area (Å²) >= 11 is 0. The van der Waals surface area contributed by atoms with Gasteiger partial charge in [-0.2, -0.15) is 0 Å². The van der Waals surface area contributed by atoms with E-state index in [0.29, 0.717) is 5.78 Å². The van der Waals surface area contributed by atoms with E-state index in [2.05, 4.69) is 26.8 Å². The highest BCUT2D eigenvalue weighted by atomic mass is 16.1. The lowest BCUT2D eigenvalue weighted by Crippen LogP contribution is -2.13. The number of carbonyl (C=O) groups excluding carboxylic acids is 1. The molecule has 1 heteroatoms. The molecule has 0 saturated heterocycles. The first-order valence-electron chi connectivity index (χ1n) is 6.30. The number of hydrogen-bond donors (Lipinski definition) is 0. The summed E-state index contributed by atoms with van der Waals surface area (Å²) in [5, 5.41) is 0. The monoisotopic (exact) mass is 218 g/mol. The van der Waals surface area contributed by atoms with E-state index < -0.39 is 0 Å². The van der Waals surface area contributed by atoms with Crippen molar-refractivity contribution in [3.05, 3.63) is 34.9 Å². The van der Waals surface area contributed by atoms with Gasteiger partial charge in [0.25, 0.3) is 0 Å². The van der Waals surface area contributed by atoms with Crippen molar-refractivity contribution < 1.29 is 4.79 Å². The molecule has 1 rings (SSSR count). The number of aryl methyl sites for hydroxylation is 1. The molecule has 0 fully saturated rings. The summed E-state index contributed by atoms with van der Waals surface area (Å²) in [7, 11) is 0. The molecule has 0 aliphatic rings. The molecule has 0 aliphatic carbocycles. The van der Waals surface area contributed by atoms with Gasteiger partial charge in [0.2, 0.25) is 0 Å². The van der Waals surface area contributed by atoms with Gasteiger partial charge in [-0.15, -0.1) is 0 Å². The van der Waals surface area contributed by atoms with Crippen LogP contribution in [-0.2, 0) is 12.8 Å². The third-order valence-corrected chi connectivity index (χ3v) is 3.33. The van der Waals surface area contributed by atoms with Crippen molar-refractivity contribution in [3.63, 3.8) is 0 Å². The molecule has 1 aromatic rings. The zero-order valence-electron chi connectivity index (χ0n) is 10.8. The highest BCUT2D eigenvalue weighted by Crippen LogP contribution is 2.20. The maximum Gasteiger partial charge on any atom is 0.165 e. The Morgan fingerprint density at radius 2 is 1.88 bits per heavy atom. The smallest absolute Gasteiger partial charge is 0.165 e. The van der Waals surface area contributed by atoms with Crippen LogP contribution in [0.3, 0.4) is 0 Å². The zero-order valence-corrected chi connectivity index (χ0v) is 10.8. The largest absolute Gasteiger partial charge is 0.294 e. The van der Waals surface area contributed by atoms with Crippen molar-refractivity contribution in [2.24, 2.45) is 5.92 Å². The number of ketones is 1. The number of rotatable bonds is 5. The molecule has 1 aromatic carbocycles. The molecule has 0 spiro atoms. The Morgan fingerprint density at radius 1 is 1.19 bits per heavy atom. The molecule has 88 valence electrons. The van der Waals surface area contributed by atoms with Gasteiger partial charge in [-0.05, 0) is 30.4 Å². The van der Waals surface area contributed by atoms with Gasteiger partial charge in [0.1, 0.15) is 0 Å². The lowest BCUT2D eigenvalue weighted by Gasteiger charge is -2.14. The van der Waals surface area contributed by atoms with Gasteiger partial charge in [0.15, 0.2) is 5.78 Å². The molecule has 0 saturated carbocycles. The minimum Gasteiger partial charge on any atom is -0.294 e. The van der Waals surface area contributed by atoms with Crippen LogP contribution in [0, 0.1) is 5.92 Å². The van der Waals surface area contributed by atoms with Gasteiger partial charge in [0, 0.05) is 11.5 Å². The van der Waals surface area contributed by atoms with Crippen LogP contribution < -0.4 is 0 Å². The molecule has 0 N–H and O–H groups in total. The summed E-state index contributed by atoms with van der Waals surface area (Å²) in [6, 6.07) is 6.12. The van der Waals surface area contributed by atoms with Gasteiger partial charge in [-0.1, -0.05) is 45.9 Å². The summed E-state index contributed by atoms with van der Waals surface area (Å²) in [5.41, 5.74) is 3.50. The van der Waals surface area contributed by atoms with Crippen LogP contribution in [0.5, 0.6) is 0 Å². The van der Waals surface area contributed by atoms with E-state index >= 15 is 0 Å². The minimum absolute atomic E-state index is 0.136. The van der Waals surface area contributed by atoms with Crippen LogP contribution in [0.1, 0.15) is 55.6 Å². The molecule has 0 radical (unpaired) electrons. The normalized spacial score (nSPS) is 12.5. The first kappa shape index (κ1) is 13.0. The van der Waals surface area contributed by atoms with E-state index in [-0.39, 0.29) is 5.92 Å². The van der Waals surface area contributed by atoms with Crippen molar-refractivity contribution in [1.82, 2.24) is 0 Å². The van der Waals surface area contributed by atoms with Gasteiger partial charge >= 0.3 is 0 Å². The summed E-state index contributed by atoms with van der Waals surface area (Å²) < 4.78 is 0. The fraction of sp³-hybridized carbons (Fsp3) is 0.533. The number of benzene rings is 1. The van der Waals surface area contributed by atoms with E-state index in [1.54, 1.807) is 0 Å². The summed E-state index contributed by atoms with van der Waals surface area (Å²) in [5.74, 6) is 0.437. The van der Waals surface area contributed by atoms with Crippen molar-refractivity contribution in [2.75, 3.05) is 0 Å². The van der Waals surface area contributed by atoms with E-state index in [9.17, 15) is 4.79 Å². The van der Waals surface area contributed by atoms with Crippen molar-refractivity contribution in [1.29, 1.82) is 0 Å². The topological polar surface area (TPSA) is 17.1 Å². The fourth-order valence-corrected chi connectivity index (χ4v) is 2.07. The molecule has 1 atom stereocenters. The van der Waals surface area contributed by atoms with Crippen LogP contribution in [-0.4, -0.2) is 5.78 Å². The first-order valence-corrected chi connectivity index (χ1v) is 6.30. The number of carbonyl (C=O) groups is 1. The highest BCUT2D eigenvalue weighted by molar-refractivity contribution is 5.99. The van der Waals surface area contributed by atoms with Crippen LogP contribution >= 0.6 is 0 Å². The Hall–Kier alpha value is -1.11. The second-order valence-corrected chi connectivity index (χ2v) is 4.32. The van der Waals surface area contributed by atoms with E-state index in [0.717, 1.165) is 24.8 Å².